The summed E-state index contributed by atoms with van der Waals surface area (Å²) in [6, 6.07) is 18.3. The van der Waals surface area contributed by atoms with E-state index in [4.69, 9.17) is 9.47 Å². The van der Waals surface area contributed by atoms with Crippen molar-refractivity contribution in [2.75, 3.05) is 49.2 Å². The van der Waals surface area contributed by atoms with Gasteiger partial charge in [-0.15, -0.1) is 0 Å². The fourth-order valence-corrected chi connectivity index (χ4v) is 4.91. The third-order valence-corrected chi connectivity index (χ3v) is 6.73. The molecule has 3 amide bonds. The molecule has 3 aromatic rings. The van der Waals surface area contributed by atoms with Crippen LogP contribution < -0.4 is 9.80 Å². The highest BCUT2D eigenvalue weighted by Crippen LogP contribution is 2.32. The number of anilines is 2. The van der Waals surface area contributed by atoms with Crippen LogP contribution in [-0.4, -0.2) is 73.3 Å². The van der Waals surface area contributed by atoms with Gasteiger partial charge in [0.15, 0.2) is 0 Å². The number of amides is 3. The van der Waals surface area contributed by atoms with Crippen molar-refractivity contribution < 1.29 is 23.9 Å². The summed E-state index contributed by atoms with van der Waals surface area (Å²) < 4.78 is 11.0. The Morgan fingerprint density at radius 2 is 1.50 bits per heavy atom. The standard InChI is InChI=1S/C27H24N4O5/c32-25-22-4-1-2-5-23(22)26(33)31(25)17-20-16-30(27(34)36-20)19-9-7-18(8-10-19)21-6-3-11-28-24(21)29-12-14-35-15-13-29/h1-11,20H,12-17H2/t20-/m1/s1. The number of hydrogen-bond donors (Lipinski definition) is 0. The van der Waals surface area contributed by atoms with E-state index in [9.17, 15) is 14.4 Å². The third-order valence-electron chi connectivity index (χ3n) is 6.73. The summed E-state index contributed by atoms with van der Waals surface area (Å²) in [5.41, 5.74) is 3.45. The first-order chi connectivity index (χ1) is 17.6. The number of carbonyl (C=O) groups excluding carboxylic acids is 3. The molecule has 0 N–H and O–H groups in total. The van der Waals surface area contributed by atoms with Crippen molar-refractivity contribution in [1.82, 2.24) is 9.88 Å². The Balaban J connectivity index is 1.17. The molecule has 0 bridgehead atoms. The second kappa shape index (κ2) is 9.09. The molecule has 9 heteroatoms. The van der Waals surface area contributed by atoms with Gasteiger partial charge in [-0.25, -0.2) is 9.78 Å². The number of benzene rings is 2. The lowest BCUT2D eigenvalue weighted by atomic mass is 10.1. The average molecular weight is 485 g/mol. The molecule has 0 unspecified atom stereocenters. The van der Waals surface area contributed by atoms with E-state index in [1.54, 1.807) is 30.5 Å². The van der Waals surface area contributed by atoms with Crippen molar-refractivity contribution >= 4 is 29.4 Å². The van der Waals surface area contributed by atoms with Crippen LogP contribution in [0.25, 0.3) is 11.1 Å². The maximum atomic E-state index is 12.7. The number of carbonyl (C=O) groups is 3. The minimum atomic E-state index is -0.606. The van der Waals surface area contributed by atoms with Crippen molar-refractivity contribution in [2.45, 2.75) is 6.10 Å². The van der Waals surface area contributed by atoms with E-state index in [-0.39, 0.29) is 24.9 Å². The van der Waals surface area contributed by atoms with Gasteiger partial charge in [-0.05, 0) is 42.0 Å². The van der Waals surface area contributed by atoms with Crippen LogP contribution in [0.1, 0.15) is 20.7 Å². The molecule has 2 aromatic carbocycles. The number of morpholine rings is 1. The van der Waals surface area contributed by atoms with Gasteiger partial charge >= 0.3 is 6.09 Å². The minimum Gasteiger partial charge on any atom is -0.442 e. The highest BCUT2D eigenvalue weighted by Gasteiger charge is 2.40. The van der Waals surface area contributed by atoms with Crippen molar-refractivity contribution in [2.24, 2.45) is 0 Å². The second-order valence-electron chi connectivity index (χ2n) is 8.90. The van der Waals surface area contributed by atoms with Crippen LogP contribution in [0, 0.1) is 0 Å². The normalized spacial score (nSPS) is 19.6. The first kappa shape index (κ1) is 22.2. The lowest BCUT2D eigenvalue weighted by Gasteiger charge is -2.29. The number of aromatic nitrogens is 1. The van der Waals surface area contributed by atoms with Crippen LogP contribution in [0.2, 0.25) is 0 Å². The molecule has 0 spiro atoms. The third kappa shape index (κ3) is 3.87. The van der Waals surface area contributed by atoms with E-state index in [2.05, 4.69) is 9.88 Å². The monoisotopic (exact) mass is 484 g/mol. The van der Waals surface area contributed by atoms with Gasteiger partial charge in [0, 0.05) is 30.5 Å². The number of nitrogens with zero attached hydrogens (tertiary/aromatic N) is 4. The number of fused-ring (bicyclic) bond motifs is 1. The fraction of sp³-hybridized carbons (Fsp3) is 0.259. The molecule has 4 heterocycles. The molecule has 3 aliphatic rings. The molecule has 2 saturated heterocycles. The summed E-state index contributed by atoms with van der Waals surface area (Å²) >= 11 is 0. The van der Waals surface area contributed by atoms with Gasteiger partial charge in [-0.1, -0.05) is 24.3 Å². The molecule has 1 aromatic heterocycles. The van der Waals surface area contributed by atoms with Crippen LogP contribution >= 0.6 is 0 Å². The number of rotatable bonds is 5. The number of cyclic esters (lactones) is 1. The molecule has 36 heavy (non-hydrogen) atoms. The second-order valence-corrected chi connectivity index (χ2v) is 8.90. The Hall–Kier alpha value is -4.24. The van der Waals surface area contributed by atoms with Gasteiger partial charge in [0.1, 0.15) is 11.9 Å². The van der Waals surface area contributed by atoms with Crippen LogP contribution in [0.3, 0.4) is 0 Å². The van der Waals surface area contributed by atoms with Crippen molar-refractivity contribution in [1.29, 1.82) is 0 Å². The highest BCUT2D eigenvalue weighted by atomic mass is 16.6. The Morgan fingerprint density at radius 1 is 0.833 bits per heavy atom. The van der Waals surface area contributed by atoms with Gasteiger partial charge in [0.2, 0.25) is 0 Å². The lowest BCUT2D eigenvalue weighted by molar-refractivity contribution is 0.0558. The van der Waals surface area contributed by atoms with Crippen LogP contribution in [-0.2, 0) is 9.47 Å². The Labute approximate surface area is 207 Å². The zero-order chi connectivity index (χ0) is 24.6. The van der Waals surface area contributed by atoms with Gasteiger partial charge in [-0.3, -0.25) is 19.4 Å². The van der Waals surface area contributed by atoms with E-state index >= 15 is 0 Å². The summed E-state index contributed by atoms with van der Waals surface area (Å²) in [6.45, 7) is 3.19. The number of ether oxygens (including phenoxy) is 2. The first-order valence-corrected chi connectivity index (χ1v) is 11.9. The molecule has 0 aliphatic carbocycles. The van der Waals surface area contributed by atoms with Gasteiger partial charge in [0.25, 0.3) is 11.8 Å². The molecule has 6 rings (SSSR count). The lowest BCUT2D eigenvalue weighted by Crippen LogP contribution is -2.38. The van der Waals surface area contributed by atoms with E-state index in [1.165, 1.54) is 4.90 Å². The Bertz CT molecular complexity index is 1300. The van der Waals surface area contributed by atoms with E-state index in [0.717, 1.165) is 34.9 Å². The quantitative estimate of drug-likeness (QED) is 0.514. The smallest absolute Gasteiger partial charge is 0.414 e. The van der Waals surface area contributed by atoms with Crippen molar-refractivity contribution in [3.63, 3.8) is 0 Å². The first-order valence-electron chi connectivity index (χ1n) is 11.9. The van der Waals surface area contributed by atoms with Gasteiger partial charge in [-0.2, -0.15) is 0 Å². The molecule has 3 aliphatic heterocycles. The molecule has 9 nitrogen and oxygen atoms in total. The zero-order valence-corrected chi connectivity index (χ0v) is 19.5. The van der Waals surface area contributed by atoms with Crippen LogP contribution in [0.4, 0.5) is 16.3 Å². The van der Waals surface area contributed by atoms with Crippen molar-refractivity contribution in [3.05, 3.63) is 78.0 Å². The maximum absolute atomic E-state index is 12.7. The topological polar surface area (TPSA) is 92.3 Å². The van der Waals surface area contributed by atoms with Gasteiger partial charge < -0.3 is 14.4 Å². The predicted molar refractivity (Wildman–Crippen MR) is 132 cm³/mol. The minimum absolute atomic E-state index is 0.0191. The zero-order valence-electron chi connectivity index (χ0n) is 19.5. The van der Waals surface area contributed by atoms with E-state index in [1.807, 2.05) is 36.4 Å². The molecule has 2 fully saturated rings. The molecule has 182 valence electrons. The molecular formula is C27H24N4O5. The molecule has 1 atom stereocenters. The van der Waals surface area contributed by atoms with Crippen LogP contribution in [0.5, 0.6) is 0 Å². The van der Waals surface area contributed by atoms with E-state index < -0.39 is 12.2 Å². The summed E-state index contributed by atoms with van der Waals surface area (Å²) in [4.78, 5) is 47.5. The Morgan fingerprint density at radius 3 is 2.19 bits per heavy atom. The predicted octanol–water partition coefficient (Wildman–Crippen LogP) is 3.21. The molecular weight excluding hydrogens is 460 g/mol. The number of imide groups is 1. The summed E-state index contributed by atoms with van der Waals surface area (Å²) in [5.74, 6) is 0.194. The number of pyridine rings is 1. The maximum Gasteiger partial charge on any atom is 0.414 e. The van der Waals surface area contributed by atoms with E-state index in [0.29, 0.717) is 30.0 Å². The number of hydrogen-bond acceptors (Lipinski definition) is 7. The van der Waals surface area contributed by atoms with Crippen molar-refractivity contribution in [3.8, 4) is 11.1 Å². The van der Waals surface area contributed by atoms with Gasteiger partial charge in [0.05, 0.1) is 37.4 Å². The average Bonchev–Trinajstić information content (AvgIpc) is 3.42. The highest BCUT2D eigenvalue weighted by molar-refractivity contribution is 6.21. The summed E-state index contributed by atoms with van der Waals surface area (Å²) in [7, 11) is 0. The molecule has 0 radical (unpaired) electrons. The van der Waals surface area contributed by atoms with Crippen LogP contribution in [0.15, 0.2) is 66.9 Å². The summed E-state index contributed by atoms with van der Waals surface area (Å²) in [6.07, 6.45) is 0.683. The largest absolute Gasteiger partial charge is 0.442 e. The fourth-order valence-electron chi connectivity index (χ4n) is 4.91. The molecule has 0 saturated carbocycles. The Kier molecular flexibility index (Phi) is 5.61. The SMILES string of the molecule is O=C1c2ccccc2C(=O)N1C[C@H]1CN(c2ccc(-c3cccnc3N3CCOCC3)cc2)C(=O)O1. The summed E-state index contributed by atoms with van der Waals surface area (Å²) in [5, 5.41) is 0.